The lowest BCUT2D eigenvalue weighted by molar-refractivity contribution is -0.136. The SMILES string of the molecule is C.CC(C)C1CCN(C(=O)OC(C)(C)C)CC1.CC(C)C1CCN(C)CC1.CC(C)C1CCOCC1.CC(C)CC(=O)N1CCN(C)CC1.CC(C)CC(=O)N1CCOCC1.CC(C)CC(=O)NCCN1CCCCC1.CC(C)CC(=O)NCCN1CCN(C)CC1.CC(C)CC1(C)COC1.CC(C)CC1CCN(C)CC1.CC(C)CCN1CCCC1=O.CC(C)CCN1CCOCC1. The highest BCUT2D eigenvalue weighted by Gasteiger charge is 2.34. The molecule has 0 atom stereocenters. The van der Waals surface area contributed by atoms with Gasteiger partial charge in [-0.3, -0.25) is 33.8 Å². The minimum Gasteiger partial charge on any atom is -0.444 e. The molecular weight excluding hydrogens is 1680 g/mol. The summed E-state index contributed by atoms with van der Waals surface area (Å²) in [4.78, 5) is 93.3. The van der Waals surface area contributed by atoms with E-state index in [1.54, 1.807) is 0 Å². The van der Waals surface area contributed by atoms with Gasteiger partial charge in [-0.2, -0.15) is 0 Å². The van der Waals surface area contributed by atoms with Crippen LogP contribution in [0.1, 0.15) is 322 Å². The Hall–Kier alpha value is -3.82. The van der Waals surface area contributed by atoms with Crippen molar-refractivity contribution in [1.29, 1.82) is 0 Å². The summed E-state index contributed by atoms with van der Waals surface area (Å²) in [6.07, 6.45) is 24.0. The number of amides is 6. The van der Waals surface area contributed by atoms with Gasteiger partial charge in [-0.05, 0) is 280 Å². The van der Waals surface area contributed by atoms with Crippen molar-refractivity contribution < 1.29 is 52.5 Å². The van der Waals surface area contributed by atoms with Gasteiger partial charge in [-0.1, -0.05) is 173 Å². The van der Waals surface area contributed by atoms with Crippen LogP contribution in [0.15, 0.2) is 0 Å². The first-order chi connectivity index (χ1) is 62.6. The number of hydrogen-bond acceptors (Lipinski definition) is 18. The topological polar surface area (TPSA) is 208 Å². The zero-order valence-corrected chi connectivity index (χ0v) is 92.7. The maximum Gasteiger partial charge on any atom is 0.410 e. The predicted octanol–water partition coefficient (Wildman–Crippen LogP) is 19.2. The maximum absolute atomic E-state index is 11.8. The first-order valence-electron chi connectivity index (χ1n) is 54.2. The number of nitrogens with one attached hydrogen (secondary N) is 2. The Morgan fingerprint density at radius 2 is 0.746 bits per heavy atom. The third-order valence-corrected chi connectivity index (χ3v) is 26.9. The number of rotatable bonds is 27. The highest BCUT2D eigenvalue weighted by Crippen LogP contribution is 2.34. The maximum atomic E-state index is 11.8. The summed E-state index contributed by atoms with van der Waals surface area (Å²) >= 11 is 0. The molecule has 0 aromatic carbocycles. The fourth-order valence-corrected chi connectivity index (χ4v) is 18.0. The van der Waals surface area contributed by atoms with E-state index in [9.17, 15) is 28.8 Å². The summed E-state index contributed by atoms with van der Waals surface area (Å²) in [6.45, 7) is 92.1. The molecule has 134 heavy (non-hydrogen) atoms. The van der Waals surface area contributed by atoms with Crippen molar-refractivity contribution >= 4 is 35.6 Å². The lowest BCUT2D eigenvalue weighted by atomic mass is 9.80. The second kappa shape index (κ2) is 75.9. The van der Waals surface area contributed by atoms with E-state index in [0.29, 0.717) is 85.7 Å². The van der Waals surface area contributed by atoms with Crippen molar-refractivity contribution in [2.24, 2.45) is 94.2 Å². The number of likely N-dealkylation sites (N-methyl/N-ethyl adjacent to an activating group) is 2. The Morgan fingerprint density at radius 3 is 1.11 bits per heavy atom. The normalized spacial score (nSPS) is 20.2. The molecule has 0 spiro atoms. The fraction of sp³-hybridized carbons (Fsp3) is 0.945. The molecule has 0 radical (unpaired) electrons. The second-order valence-electron chi connectivity index (χ2n) is 46.5. The van der Waals surface area contributed by atoms with E-state index in [1.165, 1.54) is 123 Å². The molecule has 2 N–H and O–H groups in total. The van der Waals surface area contributed by atoms with Crippen LogP contribution in [0.2, 0.25) is 0 Å². The minimum absolute atomic E-state index is 0. The number of morpholine rings is 2. The van der Waals surface area contributed by atoms with E-state index in [2.05, 4.69) is 232 Å². The lowest BCUT2D eigenvalue weighted by Crippen LogP contribution is -2.47. The molecule has 0 aromatic rings. The van der Waals surface area contributed by atoms with Crippen molar-refractivity contribution in [2.75, 3.05) is 258 Å². The molecule has 11 aliphatic rings. The van der Waals surface area contributed by atoms with E-state index in [-0.39, 0.29) is 36.8 Å². The van der Waals surface area contributed by atoms with Crippen LogP contribution in [0.4, 0.5) is 4.79 Å². The van der Waals surface area contributed by atoms with Crippen molar-refractivity contribution in [3.05, 3.63) is 0 Å². The van der Waals surface area contributed by atoms with Crippen LogP contribution in [0.5, 0.6) is 0 Å². The van der Waals surface area contributed by atoms with Crippen molar-refractivity contribution in [1.82, 2.24) is 64.5 Å². The molecule has 0 aromatic heterocycles. The van der Waals surface area contributed by atoms with E-state index in [1.807, 2.05) is 40.4 Å². The number of likely N-dealkylation sites (tertiary alicyclic amines) is 5. The molecule has 11 fully saturated rings. The van der Waals surface area contributed by atoms with Crippen molar-refractivity contribution in [3.8, 4) is 0 Å². The molecule has 0 aliphatic carbocycles. The van der Waals surface area contributed by atoms with Crippen molar-refractivity contribution in [3.63, 3.8) is 0 Å². The molecule has 794 valence electrons. The number of piperidine rings is 4. The summed E-state index contributed by atoms with van der Waals surface area (Å²) < 4.78 is 26.2. The van der Waals surface area contributed by atoms with Gasteiger partial charge in [0.1, 0.15) is 5.60 Å². The zero-order valence-electron chi connectivity index (χ0n) is 92.7. The molecule has 11 aliphatic heterocycles. The van der Waals surface area contributed by atoms with Gasteiger partial charge in [0.15, 0.2) is 0 Å². The molecule has 11 heterocycles. The van der Waals surface area contributed by atoms with E-state index in [0.717, 1.165) is 262 Å². The number of hydrogen-bond donors (Lipinski definition) is 2. The Morgan fingerprint density at radius 1 is 0.373 bits per heavy atom. The van der Waals surface area contributed by atoms with Crippen LogP contribution >= 0.6 is 0 Å². The highest BCUT2D eigenvalue weighted by atomic mass is 16.6. The highest BCUT2D eigenvalue weighted by molar-refractivity contribution is 5.78. The molecular formula is C110H223N13O11. The van der Waals surface area contributed by atoms with Gasteiger partial charge in [0.2, 0.25) is 29.5 Å². The average molecular weight is 1900 g/mol. The van der Waals surface area contributed by atoms with Crippen LogP contribution < -0.4 is 10.6 Å². The predicted molar refractivity (Wildman–Crippen MR) is 565 cm³/mol. The second-order valence-corrected chi connectivity index (χ2v) is 46.5. The summed E-state index contributed by atoms with van der Waals surface area (Å²) in [5.74, 6) is 12.6. The minimum atomic E-state index is -0.383. The zero-order chi connectivity index (χ0) is 100. The van der Waals surface area contributed by atoms with Gasteiger partial charge >= 0.3 is 6.09 Å². The van der Waals surface area contributed by atoms with Gasteiger partial charge in [0, 0.05) is 182 Å². The van der Waals surface area contributed by atoms with E-state index >= 15 is 0 Å². The Kier molecular flexibility index (Phi) is 73.8. The van der Waals surface area contributed by atoms with E-state index in [4.69, 9.17) is 23.7 Å². The summed E-state index contributed by atoms with van der Waals surface area (Å²) in [6, 6.07) is 0. The van der Waals surface area contributed by atoms with Crippen LogP contribution in [0, 0.1) is 94.2 Å². The van der Waals surface area contributed by atoms with Crippen LogP contribution in [0.25, 0.3) is 0 Å². The molecule has 11 saturated heterocycles. The van der Waals surface area contributed by atoms with Gasteiger partial charge in [-0.25, -0.2) is 4.79 Å². The van der Waals surface area contributed by atoms with Gasteiger partial charge in [-0.15, -0.1) is 0 Å². The molecule has 24 nitrogen and oxygen atoms in total. The molecule has 0 saturated carbocycles. The smallest absolute Gasteiger partial charge is 0.410 e. The molecule has 0 unspecified atom stereocenters. The van der Waals surface area contributed by atoms with Gasteiger partial charge in [0.25, 0.3) is 0 Å². The summed E-state index contributed by atoms with van der Waals surface area (Å²) in [5.41, 5.74) is 0.139. The first kappa shape index (κ1) is 130. The quantitative estimate of drug-likeness (QED) is 0.0783. The van der Waals surface area contributed by atoms with E-state index < -0.39 is 0 Å². The number of ether oxygens (including phenoxy) is 5. The Balaban J connectivity index is 0.00000146. The molecule has 11 rings (SSSR count). The largest absolute Gasteiger partial charge is 0.444 e. The molecule has 0 bridgehead atoms. The van der Waals surface area contributed by atoms with Gasteiger partial charge in [0.05, 0.1) is 39.6 Å². The number of carbonyl (C=O) groups is 6. The van der Waals surface area contributed by atoms with Crippen LogP contribution in [0.3, 0.4) is 0 Å². The summed E-state index contributed by atoms with van der Waals surface area (Å²) in [5, 5.41) is 5.96. The van der Waals surface area contributed by atoms with Crippen LogP contribution in [-0.2, 0) is 47.7 Å². The number of carbonyl (C=O) groups excluding carboxylic acids is 6. The van der Waals surface area contributed by atoms with Crippen LogP contribution in [-0.4, -0.2) is 353 Å². The standard InChI is InChI=1S/C13H25NO2.C12H25N3O.C12H24N2O.C10H20N2O.C10H21N.C9H17NO2.C9H19NO.C9H17NO.C9H19N.2C8H16O.CH4/c1-10(2)11-6-8-14(9-7-11)12(15)16-13(3,4)5;1-11(2)10-12(16)13-4-5-15-8-6-14(3)7-9-15;1-11(2)10-12(15)13-6-9-14-7-4-3-5-8-14;1-9(2)8-10(13)12-6-4-11(3)5-7-12;1-9(2)8-10-4-6-11(3)7-5-10;1-8(2)7-9(11)10-3-5-12-6-4-10;1-9(2)3-4-10-5-7-11-8-6-10;1-8(2)5-7-10-6-3-4-9(10)11;1-8(2)9-4-6-10(3)7-5-9;1-7(2)4-8(3)5-9-6-8;1-7(2)8-3-5-9-6-4-8;/h10-11H,6-9H2,1-5H3;11H,4-10H2,1-3H3,(H,13,16);11H,3-10H2,1-2H3,(H,13,15);9H,4-8H2,1-3H3;9-10H,4-8H2,1-3H3;8H,3-7H2,1-2H3;9H,3-8H2,1-2H3;8H,3-7H2,1-2H3;8-9H,4-7H2,1-3H3;7H,4-6H2,1-3H3;7-8H,3-6H2,1-2H3;1H4. The molecule has 24 heteroatoms. The first-order valence-corrected chi connectivity index (χ1v) is 54.2. The Bertz CT molecular complexity index is 2850. The van der Waals surface area contributed by atoms with Crippen molar-refractivity contribution in [2.45, 2.75) is 328 Å². The average Bonchev–Trinajstić information content (AvgIpc) is 0.863. The molecule has 6 amide bonds. The third kappa shape index (κ3) is 69.9. The lowest BCUT2D eigenvalue weighted by Gasteiger charge is -2.39. The summed E-state index contributed by atoms with van der Waals surface area (Å²) in [7, 11) is 8.70. The number of nitrogens with zero attached hydrogens (tertiary/aromatic N) is 11. The fourth-order valence-electron chi connectivity index (χ4n) is 18.0. The third-order valence-electron chi connectivity index (χ3n) is 26.9. The van der Waals surface area contributed by atoms with Gasteiger partial charge < -0.3 is 78.4 Å². The number of piperazine rings is 2. The Labute approximate surface area is 828 Å². The monoisotopic (exact) mass is 1900 g/mol.